The number of rotatable bonds is 7. The first-order chi connectivity index (χ1) is 6.67. The Morgan fingerprint density at radius 2 is 1.36 bits per heavy atom. The Balaban J connectivity index is 4.72. The summed E-state index contributed by atoms with van der Waals surface area (Å²) in [6.07, 6.45) is 6.06. The van der Waals surface area contributed by atoms with Crippen LogP contribution < -0.4 is 5.73 Å². The van der Waals surface area contributed by atoms with Gasteiger partial charge in [0.2, 0.25) is 5.91 Å². The van der Waals surface area contributed by atoms with Crippen molar-refractivity contribution in [2.24, 2.45) is 5.73 Å². The van der Waals surface area contributed by atoms with E-state index in [9.17, 15) is 4.79 Å². The zero-order valence-corrected chi connectivity index (χ0v) is 9.73. The molecule has 0 saturated carbocycles. The van der Waals surface area contributed by atoms with Crippen LogP contribution in [0.2, 0.25) is 0 Å². The maximum Gasteiger partial charge on any atom is 0.244 e. The quantitative estimate of drug-likeness (QED) is 0.626. The van der Waals surface area contributed by atoms with Gasteiger partial charge in [-0.25, -0.2) is 0 Å². The predicted molar refractivity (Wildman–Crippen MR) is 60.9 cm³/mol. The molecule has 2 nitrogen and oxygen atoms in total. The second kappa shape index (κ2) is 7.60. The monoisotopic (exact) mass is 197 g/mol. The van der Waals surface area contributed by atoms with Gasteiger partial charge in [0.25, 0.3) is 0 Å². The van der Waals surface area contributed by atoms with Crippen molar-refractivity contribution in [2.75, 3.05) is 0 Å². The second-order valence-corrected chi connectivity index (χ2v) is 3.70. The van der Waals surface area contributed by atoms with Crippen molar-refractivity contribution in [3.05, 3.63) is 11.1 Å². The molecule has 2 heteroatoms. The molecular weight excluding hydrogens is 174 g/mol. The van der Waals surface area contributed by atoms with E-state index in [2.05, 4.69) is 20.8 Å². The number of carbonyl (C=O) groups excluding carboxylic acids is 1. The van der Waals surface area contributed by atoms with Crippen molar-refractivity contribution in [3.63, 3.8) is 0 Å². The lowest BCUT2D eigenvalue weighted by molar-refractivity contribution is -0.114. The molecule has 14 heavy (non-hydrogen) atoms. The number of carbonyl (C=O) groups is 1. The van der Waals surface area contributed by atoms with E-state index in [4.69, 9.17) is 5.73 Å². The van der Waals surface area contributed by atoms with E-state index in [1.54, 1.807) is 0 Å². The smallest absolute Gasteiger partial charge is 0.244 e. The molecule has 0 saturated heterocycles. The van der Waals surface area contributed by atoms with Crippen LogP contribution in [0.1, 0.15) is 59.3 Å². The highest BCUT2D eigenvalue weighted by atomic mass is 16.1. The van der Waals surface area contributed by atoms with Gasteiger partial charge in [-0.1, -0.05) is 45.6 Å². The average molecular weight is 197 g/mol. The SMILES string of the molecule is CCCC(CCC)=C(CCC)C(N)=O. The summed E-state index contributed by atoms with van der Waals surface area (Å²) in [6, 6.07) is 0. The summed E-state index contributed by atoms with van der Waals surface area (Å²) in [7, 11) is 0. The van der Waals surface area contributed by atoms with Crippen LogP contribution in [0.4, 0.5) is 0 Å². The maximum atomic E-state index is 11.2. The molecular formula is C12H23NO. The summed E-state index contributed by atoms with van der Waals surface area (Å²) >= 11 is 0. The summed E-state index contributed by atoms with van der Waals surface area (Å²) in [4.78, 5) is 11.2. The normalized spacial score (nSPS) is 9.93. The van der Waals surface area contributed by atoms with E-state index in [1.165, 1.54) is 5.57 Å². The first-order valence-corrected chi connectivity index (χ1v) is 5.67. The molecule has 0 aromatic rings. The van der Waals surface area contributed by atoms with Gasteiger partial charge in [-0.3, -0.25) is 4.79 Å². The Morgan fingerprint density at radius 3 is 1.64 bits per heavy atom. The van der Waals surface area contributed by atoms with Crippen LogP contribution in [0, 0.1) is 0 Å². The summed E-state index contributed by atoms with van der Waals surface area (Å²) in [6.45, 7) is 6.36. The highest BCUT2D eigenvalue weighted by molar-refractivity contribution is 5.92. The van der Waals surface area contributed by atoms with Crippen molar-refractivity contribution in [2.45, 2.75) is 59.3 Å². The van der Waals surface area contributed by atoms with Crippen molar-refractivity contribution in [1.82, 2.24) is 0 Å². The molecule has 0 aliphatic rings. The van der Waals surface area contributed by atoms with Gasteiger partial charge < -0.3 is 5.73 Å². The van der Waals surface area contributed by atoms with E-state index in [-0.39, 0.29) is 5.91 Å². The Labute approximate surface area is 87.6 Å². The van der Waals surface area contributed by atoms with Crippen LogP contribution in [-0.4, -0.2) is 5.91 Å². The van der Waals surface area contributed by atoms with Crippen molar-refractivity contribution < 1.29 is 4.79 Å². The molecule has 0 aliphatic carbocycles. The van der Waals surface area contributed by atoms with Crippen LogP contribution in [0.15, 0.2) is 11.1 Å². The Morgan fingerprint density at radius 1 is 0.929 bits per heavy atom. The fraction of sp³-hybridized carbons (Fsp3) is 0.750. The summed E-state index contributed by atoms with van der Waals surface area (Å²) < 4.78 is 0. The fourth-order valence-electron chi connectivity index (χ4n) is 1.75. The zero-order valence-electron chi connectivity index (χ0n) is 9.73. The predicted octanol–water partition coefficient (Wildman–Crippen LogP) is 3.17. The third-order valence-electron chi connectivity index (χ3n) is 2.33. The van der Waals surface area contributed by atoms with Gasteiger partial charge in [0.15, 0.2) is 0 Å². The van der Waals surface area contributed by atoms with E-state index in [0.29, 0.717) is 0 Å². The van der Waals surface area contributed by atoms with E-state index in [1.807, 2.05) is 0 Å². The molecule has 0 heterocycles. The third-order valence-corrected chi connectivity index (χ3v) is 2.33. The second-order valence-electron chi connectivity index (χ2n) is 3.70. The van der Waals surface area contributed by atoms with E-state index < -0.39 is 0 Å². The molecule has 0 aromatic carbocycles. The fourth-order valence-corrected chi connectivity index (χ4v) is 1.75. The number of allylic oxidation sites excluding steroid dienone is 1. The Bertz CT molecular complexity index is 198. The van der Waals surface area contributed by atoms with E-state index >= 15 is 0 Å². The first kappa shape index (κ1) is 13.2. The minimum absolute atomic E-state index is 0.219. The Kier molecular flexibility index (Phi) is 7.17. The van der Waals surface area contributed by atoms with Gasteiger partial charge in [-0.05, 0) is 19.3 Å². The lowest BCUT2D eigenvalue weighted by Gasteiger charge is -2.11. The standard InChI is InChI=1S/C12H23NO/c1-4-7-10(8-5-2)11(9-6-3)12(13)14/h4-9H2,1-3H3,(H2,13,14). The van der Waals surface area contributed by atoms with Gasteiger partial charge in [0, 0.05) is 5.57 Å². The molecule has 82 valence electrons. The van der Waals surface area contributed by atoms with Crippen LogP contribution in [0.5, 0.6) is 0 Å². The van der Waals surface area contributed by atoms with Crippen LogP contribution in [0.3, 0.4) is 0 Å². The average Bonchev–Trinajstić information content (AvgIpc) is 2.13. The molecule has 0 unspecified atom stereocenters. The lowest BCUT2D eigenvalue weighted by Crippen LogP contribution is -2.16. The molecule has 0 aromatic heterocycles. The van der Waals surface area contributed by atoms with Gasteiger partial charge in [0.05, 0.1) is 0 Å². The number of hydrogen-bond donors (Lipinski definition) is 1. The van der Waals surface area contributed by atoms with Crippen LogP contribution in [0.25, 0.3) is 0 Å². The van der Waals surface area contributed by atoms with Gasteiger partial charge >= 0.3 is 0 Å². The minimum Gasteiger partial charge on any atom is -0.366 e. The van der Waals surface area contributed by atoms with Crippen LogP contribution in [-0.2, 0) is 4.79 Å². The number of primary amides is 1. The maximum absolute atomic E-state index is 11.2. The molecule has 0 bridgehead atoms. The largest absolute Gasteiger partial charge is 0.366 e. The van der Waals surface area contributed by atoms with Crippen molar-refractivity contribution >= 4 is 5.91 Å². The summed E-state index contributed by atoms with van der Waals surface area (Å²) in [5, 5.41) is 0. The van der Waals surface area contributed by atoms with Crippen molar-refractivity contribution in [3.8, 4) is 0 Å². The van der Waals surface area contributed by atoms with Gasteiger partial charge in [-0.15, -0.1) is 0 Å². The van der Waals surface area contributed by atoms with E-state index in [0.717, 1.165) is 44.1 Å². The van der Waals surface area contributed by atoms with Crippen LogP contribution >= 0.6 is 0 Å². The molecule has 0 spiro atoms. The number of nitrogens with two attached hydrogens (primary N) is 1. The highest BCUT2D eigenvalue weighted by Crippen LogP contribution is 2.20. The Hall–Kier alpha value is -0.790. The molecule has 0 atom stereocenters. The van der Waals surface area contributed by atoms with Crippen molar-refractivity contribution in [1.29, 1.82) is 0 Å². The lowest BCUT2D eigenvalue weighted by atomic mass is 9.96. The molecule has 0 radical (unpaired) electrons. The molecule has 0 rings (SSSR count). The molecule has 0 fully saturated rings. The summed E-state index contributed by atoms with van der Waals surface area (Å²) in [5.74, 6) is -0.219. The zero-order chi connectivity index (χ0) is 11.0. The molecule has 2 N–H and O–H groups in total. The topological polar surface area (TPSA) is 43.1 Å². The molecule has 0 aliphatic heterocycles. The first-order valence-electron chi connectivity index (χ1n) is 5.67. The third kappa shape index (κ3) is 4.45. The summed E-state index contributed by atoms with van der Waals surface area (Å²) in [5.41, 5.74) is 7.55. The highest BCUT2D eigenvalue weighted by Gasteiger charge is 2.10. The minimum atomic E-state index is -0.219. The molecule has 1 amide bonds. The number of hydrogen-bond acceptors (Lipinski definition) is 1. The van der Waals surface area contributed by atoms with Gasteiger partial charge in [-0.2, -0.15) is 0 Å². The van der Waals surface area contributed by atoms with Gasteiger partial charge in [0.1, 0.15) is 0 Å². The number of amides is 1.